The van der Waals surface area contributed by atoms with Gasteiger partial charge in [0.2, 0.25) is 0 Å². The number of hydrazone groups is 1. The van der Waals surface area contributed by atoms with E-state index in [0.29, 0.717) is 40.3 Å². The van der Waals surface area contributed by atoms with Gasteiger partial charge in [-0.05, 0) is 102 Å². The molecule has 9 heteroatoms. The highest BCUT2D eigenvalue weighted by molar-refractivity contribution is 14.1. The van der Waals surface area contributed by atoms with Crippen molar-refractivity contribution in [1.29, 1.82) is 0 Å². The van der Waals surface area contributed by atoms with E-state index >= 15 is 0 Å². The van der Waals surface area contributed by atoms with Gasteiger partial charge in [-0.25, -0.2) is 5.43 Å². The van der Waals surface area contributed by atoms with Crippen LogP contribution in [-0.4, -0.2) is 31.8 Å². The van der Waals surface area contributed by atoms with Gasteiger partial charge in [0.1, 0.15) is 6.61 Å². The maximum Gasteiger partial charge on any atom is 0.271 e. The van der Waals surface area contributed by atoms with E-state index in [-0.39, 0.29) is 5.91 Å². The van der Waals surface area contributed by atoms with Gasteiger partial charge in [-0.2, -0.15) is 5.10 Å². The zero-order valence-electron chi connectivity index (χ0n) is 19.8. The number of benzene rings is 3. The Morgan fingerprint density at radius 2 is 1.81 bits per heavy atom. The number of hydrogen-bond donors (Lipinski definition) is 1. The van der Waals surface area contributed by atoms with E-state index in [9.17, 15) is 4.79 Å². The highest BCUT2D eigenvalue weighted by Gasteiger charge is 2.14. The molecule has 3 aromatic rings. The van der Waals surface area contributed by atoms with E-state index < -0.39 is 0 Å². The molecular formula is C27H26Cl2IN3O3. The molecule has 0 spiro atoms. The molecular weight excluding hydrogens is 612 g/mol. The van der Waals surface area contributed by atoms with Crippen LogP contribution in [0.25, 0.3) is 0 Å². The first-order valence-corrected chi connectivity index (χ1v) is 13.5. The van der Waals surface area contributed by atoms with Crippen LogP contribution in [0.15, 0.2) is 59.7 Å². The van der Waals surface area contributed by atoms with Crippen LogP contribution in [0.3, 0.4) is 0 Å². The monoisotopic (exact) mass is 637 g/mol. The molecule has 0 unspecified atom stereocenters. The van der Waals surface area contributed by atoms with Gasteiger partial charge >= 0.3 is 0 Å². The Bertz CT molecular complexity index is 1250. The Morgan fingerprint density at radius 1 is 1.06 bits per heavy atom. The minimum absolute atomic E-state index is 0.263. The number of carbonyl (C=O) groups is 1. The summed E-state index contributed by atoms with van der Waals surface area (Å²) in [6, 6.07) is 16.8. The van der Waals surface area contributed by atoms with Crippen molar-refractivity contribution in [3.05, 3.63) is 84.9 Å². The second-order valence-corrected chi connectivity index (χ2v) is 10.2. The van der Waals surface area contributed by atoms with Crippen LogP contribution < -0.4 is 19.8 Å². The third kappa shape index (κ3) is 6.83. The Labute approximate surface area is 234 Å². The van der Waals surface area contributed by atoms with Crippen LogP contribution in [0.1, 0.15) is 41.3 Å². The van der Waals surface area contributed by atoms with E-state index in [2.05, 4.69) is 38.0 Å². The van der Waals surface area contributed by atoms with Crippen LogP contribution >= 0.6 is 45.8 Å². The summed E-state index contributed by atoms with van der Waals surface area (Å²) in [5.41, 5.74) is 5.97. The molecule has 0 bridgehead atoms. The average Bonchev–Trinajstić information content (AvgIpc) is 3.41. The Balaban J connectivity index is 1.40. The fourth-order valence-electron chi connectivity index (χ4n) is 3.88. The van der Waals surface area contributed by atoms with Crippen molar-refractivity contribution in [3.8, 4) is 11.5 Å². The second-order valence-electron chi connectivity index (χ2n) is 8.24. The van der Waals surface area contributed by atoms with E-state index in [1.54, 1.807) is 18.3 Å². The molecule has 6 nitrogen and oxygen atoms in total. The summed E-state index contributed by atoms with van der Waals surface area (Å²) >= 11 is 14.3. The molecule has 0 aliphatic carbocycles. The first kappa shape index (κ1) is 26.6. The van der Waals surface area contributed by atoms with Crippen LogP contribution in [-0.2, 0) is 6.61 Å². The molecule has 0 aromatic heterocycles. The van der Waals surface area contributed by atoms with Gasteiger partial charge in [-0.3, -0.25) is 4.79 Å². The average molecular weight is 638 g/mol. The summed E-state index contributed by atoms with van der Waals surface area (Å²) in [5, 5.41) is 5.12. The summed E-state index contributed by atoms with van der Waals surface area (Å²) < 4.78 is 12.7. The zero-order chi connectivity index (χ0) is 25.5. The Morgan fingerprint density at radius 3 is 2.50 bits per heavy atom. The first-order chi connectivity index (χ1) is 17.4. The van der Waals surface area contributed by atoms with Gasteiger partial charge < -0.3 is 14.4 Å². The summed E-state index contributed by atoms with van der Waals surface area (Å²) in [5.74, 6) is 0.957. The number of ether oxygens (including phenoxy) is 2. The summed E-state index contributed by atoms with van der Waals surface area (Å²) in [7, 11) is 0. The standard InChI is InChI=1S/C27H26Cl2IN3O3/c1-2-35-25-15-19(14-24(30)26(25)36-17-18-5-10-22(28)23(29)13-18)16-31-32-27(34)20-6-8-21(9-7-20)33-11-3-4-12-33/h5-10,13-16H,2-4,11-12,17H2,1H3,(H,32,34)/b31-16-. The molecule has 1 N–H and O–H groups in total. The molecule has 0 saturated carbocycles. The van der Waals surface area contributed by atoms with Crippen molar-refractivity contribution in [2.75, 3.05) is 24.6 Å². The number of nitrogens with one attached hydrogen (secondary N) is 1. The molecule has 1 saturated heterocycles. The van der Waals surface area contributed by atoms with Crippen LogP contribution in [0.4, 0.5) is 5.69 Å². The van der Waals surface area contributed by atoms with Crippen molar-refractivity contribution in [2.24, 2.45) is 5.10 Å². The molecule has 4 rings (SSSR count). The van der Waals surface area contributed by atoms with E-state index in [1.165, 1.54) is 12.8 Å². The predicted molar refractivity (Wildman–Crippen MR) is 154 cm³/mol. The minimum Gasteiger partial charge on any atom is -0.490 e. The molecule has 0 radical (unpaired) electrons. The topological polar surface area (TPSA) is 63.2 Å². The molecule has 188 valence electrons. The first-order valence-electron chi connectivity index (χ1n) is 11.7. The van der Waals surface area contributed by atoms with Crippen LogP contribution in [0.2, 0.25) is 10.0 Å². The number of amides is 1. The fraction of sp³-hybridized carbons (Fsp3) is 0.259. The fourth-order valence-corrected chi connectivity index (χ4v) is 4.98. The molecule has 3 aromatic carbocycles. The van der Waals surface area contributed by atoms with Crippen molar-refractivity contribution in [2.45, 2.75) is 26.4 Å². The summed E-state index contributed by atoms with van der Waals surface area (Å²) in [6.45, 7) is 4.83. The third-order valence-electron chi connectivity index (χ3n) is 5.68. The van der Waals surface area contributed by atoms with Gasteiger partial charge in [0.15, 0.2) is 11.5 Å². The normalized spacial score (nSPS) is 13.3. The molecule has 1 amide bonds. The minimum atomic E-state index is -0.263. The number of rotatable bonds is 9. The lowest BCUT2D eigenvalue weighted by Gasteiger charge is -2.17. The lowest BCUT2D eigenvalue weighted by molar-refractivity contribution is 0.0955. The summed E-state index contributed by atoms with van der Waals surface area (Å²) in [6.07, 6.45) is 4.01. The Hall–Kier alpha value is -2.49. The molecule has 1 fully saturated rings. The van der Waals surface area contributed by atoms with Gasteiger partial charge in [0.25, 0.3) is 5.91 Å². The van der Waals surface area contributed by atoms with Crippen molar-refractivity contribution < 1.29 is 14.3 Å². The van der Waals surface area contributed by atoms with Gasteiger partial charge in [0, 0.05) is 24.3 Å². The highest BCUT2D eigenvalue weighted by Crippen LogP contribution is 2.35. The molecule has 1 aliphatic rings. The zero-order valence-corrected chi connectivity index (χ0v) is 23.4. The predicted octanol–water partition coefficient (Wildman–Crippen LogP) is 6.94. The SMILES string of the molecule is CCOc1cc(/C=N\NC(=O)c2ccc(N3CCCC3)cc2)cc(I)c1OCc1ccc(Cl)c(Cl)c1. The largest absolute Gasteiger partial charge is 0.490 e. The number of nitrogens with zero attached hydrogens (tertiary/aromatic N) is 2. The van der Waals surface area contributed by atoms with Crippen molar-refractivity contribution in [3.63, 3.8) is 0 Å². The molecule has 0 atom stereocenters. The van der Waals surface area contributed by atoms with E-state index in [4.69, 9.17) is 32.7 Å². The smallest absolute Gasteiger partial charge is 0.271 e. The summed E-state index contributed by atoms with van der Waals surface area (Å²) in [4.78, 5) is 14.8. The number of anilines is 1. The molecule has 1 aliphatic heterocycles. The third-order valence-corrected chi connectivity index (χ3v) is 7.22. The maximum absolute atomic E-state index is 12.5. The van der Waals surface area contributed by atoms with Crippen molar-refractivity contribution >= 4 is 63.6 Å². The molecule has 36 heavy (non-hydrogen) atoms. The number of halogens is 3. The number of carbonyl (C=O) groups excluding carboxylic acids is 1. The van der Waals surface area contributed by atoms with Gasteiger partial charge in [-0.15, -0.1) is 0 Å². The highest BCUT2D eigenvalue weighted by atomic mass is 127. The lowest BCUT2D eigenvalue weighted by atomic mass is 10.2. The van der Waals surface area contributed by atoms with E-state index in [0.717, 1.165) is 33.5 Å². The quantitative estimate of drug-likeness (QED) is 0.157. The maximum atomic E-state index is 12.5. The van der Waals surface area contributed by atoms with E-state index in [1.807, 2.05) is 49.4 Å². The van der Waals surface area contributed by atoms with Crippen LogP contribution in [0, 0.1) is 3.57 Å². The van der Waals surface area contributed by atoms with Gasteiger partial charge in [-0.1, -0.05) is 29.3 Å². The van der Waals surface area contributed by atoms with Gasteiger partial charge in [0.05, 0.1) is 26.4 Å². The lowest BCUT2D eigenvalue weighted by Crippen LogP contribution is -2.19. The number of hydrogen-bond acceptors (Lipinski definition) is 5. The van der Waals surface area contributed by atoms with Crippen molar-refractivity contribution in [1.82, 2.24) is 5.43 Å². The second kappa shape index (κ2) is 12.7. The van der Waals surface area contributed by atoms with Crippen LogP contribution in [0.5, 0.6) is 11.5 Å². The molecule has 1 heterocycles. The Kier molecular flexibility index (Phi) is 9.34.